The monoisotopic (exact) mass is 395 g/mol. The molecule has 7 nitrogen and oxygen atoms in total. The molecule has 2 aliphatic heterocycles. The van der Waals surface area contributed by atoms with Gasteiger partial charge in [0.2, 0.25) is 5.91 Å². The van der Waals surface area contributed by atoms with Crippen LogP contribution in [0.2, 0.25) is 0 Å². The summed E-state index contributed by atoms with van der Waals surface area (Å²) in [5.41, 5.74) is 1.64. The highest BCUT2D eigenvalue weighted by Crippen LogP contribution is 2.28. The predicted octanol–water partition coefficient (Wildman–Crippen LogP) is 2.25. The van der Waals surface area contributed by atoms with Crippen LogP contribution in [-0.4, -0.2) is 60.6 Å². The minimum atomic E-state index is -0.406. The van der Waals surface area contributed by atoms with Crippen LogP contribution >= 0.6 is 0 Å². The second kappa shape index (κ2) is 8.13. The first-order valence-electron chi connectivity index (χ1n) is 9.94. The van der Waals surface area contributed by atoms with Crippen molar-refractivity contribution in [2.75, 3.05) is 42.6 Å². The van der Waals surface area contributed by atoms with Crippen molar-refractivity contribution >= 4 is 23.2 Å². The van der Waals surface area contributed by atoms with E-state index in [2.05, 4.69) is 9.80 Å². The minimum absolute atomic E-state index is 0.155. The van der Waals surface area contributed by atoms with E-state index in [9.17, 15) is 14.7 Å². The highest BCUT2D eigenvalue weighted by atomic mass is 16.5. The Bertz CT molecular complexity index is 874. The van der Waals surface area contributed by atoms with Gasteiger partial charge in [0, 0.05) is 31.9 Å². The van der Waals surface area contributed by atoms with Crippen LogP contribution in [0.3, 0.4) is 0 Å². The van der Waals surface area contributed by atoms with Gasteiger partial charge in [-0.1, -0.05) is 0 Å². The molecule has 0 spiro atoms. The number of phenolic OH excluding ortho intramolecular Hbond substituents is 1. The molecule has 0 unspecified atom stereocenters. The summed E-state index contributed by atoms with van der Waals surface area (Å²) in [5.74, 6) is 0.649. The van der Waals surface area contributed by atoms with Crippen LogP contribution in [0.1, 0.15) is 13.3 Å². The number of hydrogen-bond donors (Lipinski definition) is 1. The molecule has 152 valence electrons. The largest absolute Gasteiger partial charge is 0.508 e. The molecule has 29 heavy (non-hydrogen) atoms. The summed E-state index contributed by atoms with van der Waals surface area (Å²) >= 11 is 0. The molecule has 2 saturated heterocycles. The fraction of sp³-hybridized carbons (Fsp3) is 0.364. The number of nitrogens with zero attached hydrogens (tertiary/aromatic N) is 3. The maximum atomic E-state index is 13.0. The van der Waals surface area contributed by atoms with Gasteiger partial charge in [0.05, 0.1) is 24.8 Å². The summed E-state index contributed by atoms with van der Waals surface area (Å²) in [7, 11) is 0. The molecular weight excluding hydrogens is 370 g/mol. The van der Waals surface area contributed by atoms with Gasteiger partial charge in [-0.3, -0.25) is 14.5 Å². The summed E-state index contributed by atoms with van der Waals surface area (Å²) in [5, 5.41) is 9.45. The van der Waals surface area contributed by atoms with Gasteiger partial charge in [-0.25, -0.2) is 4.90 Å². The zero-order valence-corrected chi connectivity index (χ0v) is 16.5. The van der Waals surface area contributed by atoms with E-state index < -0.39 is 6.04 Å². The summed E-state index contributed by atoms with van der Waals surface area (Å²) in [6.45, 7) is 5.44. The molecule has 0 saturated carbocycles. The normalized spacial score (nSPS) is 20.4. The highest BCUT2D eigenvalue weighted by molar-refractivity contribution is 6.22. The Labute approximate surface area is 170 Å². The molecule has 0 bridgehead atoms. The van der Waals surface area contributed by atoms with Crippen molar-refractivity contribution in [1.82, 2.24) is 4.90 Å². The van der Waals surface area contributed by atoms with Gasteiger partial charge in [0.1, 0.15) is 11.5 Å². The number of rotatable bonds is 5. The van der Waals surface area contributed by atoms with E-state index in [0.29, 0.717) is 25.4 Å². The van der Waals surface area contributed by atoms with Gasteiger partial charge in [-0.2, -0.15) is 0 Å². The lowest BCUT2D eigenvalue weighted by Crippen LogP contribution is -2.52. The SMILES string of the molecule is CCOc1ccc(N2C(=O)C[C@@H](N3CCN(c4ccc(O)cc4)CC3)C2=O)cc1. The summed E-state index contributed by atoms with van der Waals surface area (Å²) in [6.07, 6.45) is 0.214. The predicted molar refractivity (Wildman–Crippen MR) is 110 cm³/mol. The first-order valence-corrected chi connectivity index (χ1v) is 9.94. The Morgan fingerprint density at radius 1 is 0.931 bits per heavy atom. The smallest absolute Gasteiger partial charge is 0.251 e. The zero-order chi connectivity index (χ0) is 20.4. The lowest BCUT2D eigenvalue weighted by molar-refractivity contribution is -0.123. The number of aromatic hydroxyl groups is 1. The first kappa shape index (κ1) is 19.3. The summed E-state index contributed by atoms with van der Waals surface area (Å²) < 4.78 is 5.43. The Morgan fingerprint density at radius 2 is 1.55 bits per heavy atom. The number of benzene rings is 2. The summed E-state index contributed by atoms with van der Waals surface area (Å²) in [4.78, 5) is 31.2. The highest BCUT2D eigenvalue weighted by Gasteiger charge is 2.43. The van der Waals surface area contributed by atoms with Crippen LogP contribution in [0, 0.1) is 0 Å². The third-order valence-electron chi connectivity index (χ3n) is 5.50. The van der Waals surface area contributed by atoms with Gasteiger partial charge >= 0.3 is 0 Å². The molecule has 0 aromatic heterocycles. The van der Waals surface area contributed by atoms with E-state index in [4.69, 9.17) is 4.74 Å². The van der Waals surface area contributed by atoms with Crippen LogP contribution in [-0.2, 0) is 9.59 Å². The van der Waals surface area contributed by atoms with E-state index >= 15 is 0 Å². The molecule has 2 aliphatic rings. The number of ether oxygens (including phenoxy) is 1. The molecule has 2 aromatic rings. The molecule has 0 radical (unpaired) electrons. The van der Waals surface area contributed by atoms with E-state index in [1.54, 1.807) is 36.4 Å². The Morgan fingerprint density at radius 3 is 2.17 bits per heavy atom. The number of imide groups is 1. The number of carbonyl (C=O) groups excluding carboxylic acids is 2. The van der Waals surface area contributed by atoms with E-state index in [0.717, 1.165) is 24.5 Å². The minimum Gasteiger partial charge on any atom is -0.508 e. The molecule has 2 fully saturated rings. The molecule has 0 aliphatic carbocycles. The fourth-order valence-electron chi connectivity index (χ4n) is 3.99. The van der Waals surface area contributed by atoms with Crippen LogP contribution in [0.25, 0.3) is 0 Å². The van der Waals surface area contributed by atoms with Crippen molar-refractivity contribution in [3.05, 3.63) is 48.5 Å². The lowest BCUT2D eigenvalue weighted by Gasteiger charge is -2.38. The maximum absolute atomic E-state index is 13.0. The van der Waals surface area contributed by atoms with E-state index in [1.807, 2.05) is 19.1 Å². The van der Waals surface area contributed by atoms with Crippen molar-refractivity contribution in [3.63, 3.8) is 0 Å². The Kier molecular flexibility index (Phi) is 5.40. The number of carbonyl (C=O) groups is 2. The van der Waals surface area contributed by atoms with Gasteiger partial charge in [-0.05, 0) is 55.5 Å². The van der Waals surface area contributed by atoms with Gasteiger partial charge in [0.25, 0.3) is 5.91 Å². The molecule has 4 rings (SSSR count). The molecule has 7 heteroatoms. The van der Waals surface area contributed by atoms with Gasteiger partial charge in [-0.15, -0.1) is 0 Å². The maximum Gasteiger partial charge on any atom is 0.251 e. The van der Waals surface area contributed by atoms with Crippen molar-refractivity contribution in [1.29, 1.82) is 0 Å². The number of anilines is 2. The van der Waals surface area contributed by atoms with Crippen molar-refractivity contribution in [2.45, 2.75) is 19.4 Å². The van der Waals surface area contributed by atoms with Crippen molar-refractivity contribution in [2.24, 2.45) is 0 Å². The standard InChI is InChI=1S/C22H25N3O4/c1-2-29-19-9-5-17(6-10-19)25-21(27)15-20(22(25)28)24-13-11-23(12-14-24)16-3-7-18(26)8-4-16/h3-10,20,26H,2,11-15H2,1H3/t20-/m1/s1. The van der Waals surface area contributed by atoms with Crippen LogP contribution in [0.5, 0.6) is 11.5 Å². The number of phenols is 1. The van der Waals surface area contributed by atoms with Gasteiger partial charge < -0.3 is 14.7 Å². The van der Waals surface area contributed by atoms with Crippen molar-refractivity contribution < 1.29 is 19.4 Å². The Hall–Kier alpha value is -3.06. The van der Waals surface area contributed by atoms with Crippen LogP contribution in [0.15, 0.2) is 48.5 Å². The number of piperazine rings is 1. The molecule has 1 atom stereocenters. The third-order valence-corrected chi connectivity index (χ3v) is 5.50. The second-order valence-electron chi connectivity index (χ2n) is 7.25. The van der Waals surface area contributed by atoms with E-state index in [1.165, 1.54) is 4.90 Å². The topological polar surface area (TPSA) is 73.3 Å². The van der Waals surface area contributed by atoms with Crippen LogP contribution in [0.4, 0.5) is 11.4 Å². The number of amides is 2. The number of hydrogen-bond acceptors (Lipinski definition) is 6. The first-order chi connectivity index (χ1) is 14.1. The van der Waals surface area contributed by atoms with E-state index in [-0.39, 0.29) is 24.0 Å². The Balaban J connectivity index is 1.40. The third kappa shape index (κ3) is 3.91. The lowest BCUT2D eigenvalue weighted by atomic mass is 10.1. The van der Waals surface area contributed by atoms with Crippen LogP contribution < -0.4 is 14.5 Å². The molecular formula is C22H25N3O4. The quantitative estimate of drug-likeness (QED) is 0.783. The van der Waals surface area contributed by atoms with Crippen molar-refractivity contribution in [3.8, 4) is 11.5 Å². The molecule has 2 heterocycles. The molecule has 1 N–H and O–H groups in total. The molecule has 2 amide bonds. The van der Waals surface area contributed by atoms with Gasteiger partial charge in [0.15, 0.2) is 0 Å². The average molecular weight is 395 g/mol. The summed E-state index contributed by atoms with van der Waals surface area (Å²) in [6, 6.07) is 13.8. The zero-order valence-electron chi connectivity index (χ0n) is 16.5. The average Bonchev–Trinajstić information content (AvgIpc) is 3.04. The second-order valence-corrected chi connectivity index (χ2v) is 7.25. The molecule has 2 aromatic carbocycles. The fourth-order valence-corrected chi connectivity index (χ4v) is 3.99.